The standard InChI is InChI=1S/C18H12ClN3O/c19-13-1-6-16-17(11-13)21-8-7-18(16)23-15-4-2-14(3-5-15)22-10-9-20-12-22/h1-12H. The summed E-state index contributed by atoms with van der Waals surface area (Å²) in [6.45, 7) is 0. The van der Waals surface area contributed by atoms with E-state index in [-0.39, 0.29) is 0 Å². The zero-order chi connectivity index (χ0) is 15.6. The highest BCUT2D eigenvalue weighted by Crippen LogP contribution is 2.30. The zero-order valence-electron chi connectivity index (χ0n) is 12.1. The van der Waals surface area contributed by atoms with Crippen molar-refractivity contribution in [1.29, 1.82) is 0 Å². The fraction of sp³-hybridized carbons (Fsp3) is 0. The summed E-state index contributed by atoms with van der Waals surface area (Å²) in [5, 5.41) is 1.59. The number of fused-ring (bicyclic) bond motifs is 1. The number of benzene rings is 2. The monoisotopic (exact) mass is 321 g/mol. The molecule has 0 spiro atoms. The first kappa shape index (κ1) is 13.8. The van der Waals surface area contributed by atoms with Gasteiger partial charge in [-0.2, -0.15) is 0 Å². The number of hydrogen-bond donors (Lipinski definition) is 0. The van der Waals surface area contributed by atoms with Crippen LogP contribution < -0.4 is 4.74 Å². The van der Waals surface area contributed by atoms with E-state index in [1.165, 1.54) is 0 Å². The average molecular weight is 322 g/mol. The largest absolute Gasteiger partial charge is 0.457 e. The van der Waals surface area contributed by atoms with Gasteiger partial charge in [0.15, 0.2) is 0 Å². The fourth-order valence-corrected chi connectivity index (χ4v) is 2.58. The summed E-state index contributed by atoms with van der Waals surface area (Å²) < 4.78 is 7.93. The fourth-order valence-electron chi connectivity index (χ4n) is 2.41. The van der Waals surface area contributed by atoms with Gasteiger partial charge in [0.05, 0.1) is 11.8 Å². The first-order valence-electron chi connectivity index (χ1n) is 7.10. The number of rotatable bonds is 3. The molecule has 4 rings (SSSR count). The van der Waals surface area contributed by atoms with Gasteiger partial charge in [-0.25, -0.2) is 4.98 Å². The van der Waals surface area contributed by atoms with Crippen LogP contribution in [0.1, 0.15) is 0 Å². The van der Waals surface area contributed by atoms with E-state index in [4.69, 9.17) is 16.3 Å². The number of imidazole rings is 1. The third-order valence-corrected chi connectivity index (χ3v) is 3.77. The molecular formula is C18H12ClN3O. The summed E-state index contributed by atoms with van der Waals surface area (Å²) in [5.74, 6) is 1.51. The minimum atomic E-state index is 0.659. The average Bonchev–Trinajstić information content (AvgIpc) is 3.10. The Balaban J connectivity index is 1.66. The van der Waals surface area contributed by atoms with E-state index in [0.29, 0.717) is 5.02 Å². The second kappa shape index (κ2) is 5.74. The molecular weight excluding hydrogens is 310 g/mol. The summed E-state index contributed by atoms with van der Waals surface area (Å²) in [7, 11) is 0. The molecule has 2 heterocycles. The van der Waals surface area contributed by atoms with Crippen LogP contribution in [-0.4, -0.2) is 14.5 Å². The predicted molar refractivity (Wildman–Crippen MR) is 90.4 cm³/mol. The van der Waals surface area contributed by atoms with Crippen LogP contribution in [0.2, 0.25) is 5.02 Å². The molecule has 0 radical (unpaired) electrons. The lowest BCUT2D eigenvalue weighted by Crippen LogP contribution is -1.91. The summed E-state index contributed by atoms with van der Waals surface area (Å²) in [4.78, 5) is 8.36. The van der Waals surface area contributed by atoms with Gasteiger partial charge in [-0.3, -0.25) is 4.98 Å². The number of hydrogen-bond acceptors (Lipinski definition) is 3. The van der Waals surface area contributed by atoms with Crippen molar-refractivity contribution in [3.63, 3.8) is 0 Å². The topological polar surface area (TPSA) is 39.9 Å². The van der Waals surface area contributed by atoms with Gasteiger partial charge >= 0.3 is 0 Å². The summed E-state index contributed by atoms with van der Waals surface area (Å²) in [6, 6.07) is 15.2. The molecule has 0 unspecified atom stereocenters. The first-order valence-corrected chi connectivity index (χ1v) is 7.48. The minimum Gasteiger partial charge on any atom is -0.457 e. The molecule has 0 N–H and O–H groups in total. The van der Waals surface area contributed by atoms with Crippen molar-refractivity contribution in [1.82, 2.24) is 14.5 Å². The van der Waals surface area contributed by atoms with Gasteiger partial charge in [0.25, 0.3) is 0 Å². The van der Waals surface area contributed by atoms with Crippen molar-refractivity contribution in [2.45, 2.75) is 0 Å². The molecule has 0 aliphatic carbocycles. The molecule has 0 saturated heterocycles. The molecule has 2 aromatic heterocycles. The molecule has 2 aromatic carbocycles. The molecule has 112 valence electrons. The van der Waals surface area contributed by atoms with Crippen molar-refractivity contribution in [3.05, 3.63) is 78.5 Å². The van der Waals surface area contributed by atoms with Gasteiger partial charge in [0.2, 0.25) is 0 Å². The van der Waals surface area contributed by atoms with E-state index < -0.39 is 0 Å². The number of ether oxygens (including phenoxy) is 1. The lowest BCUT2D eigenvalue weighted by molar-refractivity contribution is 0.488. The highest BCUT2D eigenvalue weighted by Gasteiger charge is 2.05. The lowest BCUT2D eigenvalue weighted by Gasteiger charge is -2.09. The molecule has 5 heteroatoms. The van der Waals surface area contributed by atoms with E-state index in [9.17, 15) is 0 Å². The third kappa shape index (κ3) is 2.76. The van der Waals surface area contributed by atoms with Crippen molar-refractivity contribution in [3.8, 4) is 17.2 Å². The Labute approximate surface area is 138 Å². The predicted octanol–water partition coefficient (Wildman–Crippen LogP) is 4.87. The van der Waals surface area contributed by atoms with Gasteiger partial charge < -0.3 is 9.30 Å². The third-order valence-electron chi connectivity index (χ3n) is 3.53. The quantitative estimate of drug-likeness (QED) is 0.540. The zero-order valence-corrected chi connectivity index (χ0v) is 12.8. The number of nitrogens with zero attached hydrogens (tertiary/aromatic N) is 3. The Morgan fingerprint density at radius 2 is 1.83 bits per heavy atom. The molecule has 0 atom stereocenters. The minimum absolute atomic E-state index is 0.659. The SMILES string of the molecule is Clc1ccc2c(Oc3ccc(-n4ccnc4)cc3)ccnc2c1. The summed E-state index contributed by atoms with van der Waals surface area (Å²) >= 11 is 6.01. The van der Waals surface area contributed by atoms with Gasteiger partial charge in [0.1, 0.15) is 11.5 Å². The van der Waals surface area contributed by atoms with Crippen LogP contribution in [0, 0.1) is 0 Å². The Morgan fingerprint density at radius 1 is 0.957 bits per heavy atom. The van der Waals surface area contributed by atoms with E-state index in [1.54, 1.807) is 18.7 Å². The number of halogens is 1. The van der Waals surface area contributed by atoms with Crippen molar-refractivity contribution in [2.75, 3.05) is 0 Å². The summed E-state index contributed by atoms with van der Waals surface area (Å²) in [6.07, 6.45) is 7.12. The van der Waals surface area contributed by atoms with E-state index in [0.717, 1.165) is 28.1 Å². The molecule has 4 aromatic rings. The molecule has 0 aliphatic heterocycles. The van der Waals surface area contributed by atoms with Crippen LogP contribution in [0.15, 0.2) is 73.4 Å². The number of aromatic nitrogens is 3. The molecule has 0 amide bonds. The van der Waals surface area contributed by atoms with Gasteiger partial charge in [-0.1, -0.05) is 11.6 Å². The number of pyridine rings is 1. The maximum Gasteiger partial charge on any atom is 0.138 e. The first-order chi connectivity index (χ1) is 11.3. The van der Waals surface area contributed by atoms with Gasteiger partial charge in [-0.05, 0) is 48.5 Å². The Hall–Kier alpha value is -2.85. The van der Waals surface area contributed by atoms with Crippen molar-refractivity contribution >= 4 is 22.5 Å². The van der Waals surface area contributed by atoms with E-state index >= 15 is 0 Å². The maximum atomic E-state index is 6.01. The maximum absolute atomic E-state index is 6.01. The second-order valence-corrected chi connectivity index (χ2v) is 5.47. The van der Waals surface area contributed by atoms with Gasteiger partial charge in [-0.15, -0.1) is 0 Å². The Morgan fingerprint density at radius 3 is 2.61 bits per heavy atom. The molecule has 4 nitrogen and oxygen atoms in total. The van der Waals surface area contributed by atoms with Crippen molar-refractivity contribution in [2.24, 2.45) is 0 Å². The van der Waals surface area contributed by atoms with Crippen LogP contribution in [0.4, 0.5) is 0 Å². The smallest absolute Gasteiger partial charge is 0.138 e. The van der Waals surface area contributed by atoms with Crippen LogP contribution in [0.5, 0.6) is 11.5 Å². The molecule has 23 heavy (non-hydrogen) atoms. The summed E-state index contributed by atoms with van der Waals surface area (Å²) in [5.41, 5.74) is 1.84. The van der Waals surface area contributed by atoms with Crippen LogP contribution in [-0.2, 0) is 0 Å². The molecule has 0 aliphatic rings. The van der Waals surface area contributed by atoms with Crippen molar-refractivity contribution < 1.29 is 4.74 Å². The van der Waals surface area contributed by atoms with Crippen LogP contribution in [0.3, 0.4) is 0 Å². The van der Waals surface area contributed by atoms with Gasteiger partial charge in [0, 0.05) is 34.7 Å². The van der Waals surface area contributed by atoms with E-state index in [1.807, 2.05) is 59.3 Å². The highest BCUT2D eigenvalue weighted by molar-refractivity contribution is 6.31. The lowest BCUT2D eigenvalue weighted by atomic mass is 10.2. The van der Waals surface area contributed by atoms with E-state index in [2.05, 4.69) is 9.97 Å². The Bertz CT molecular complexity index is 950. The Kier molecular flexibility index (Phi) is 3.44. The molecule has 0 bridgehead atoms. The molecule has 0 fully saturated rings. The molecule has 0 saturated carbocycles. The van der Waals surface area contributed by atoms with Crippen LogP contribution >= 0.6 is 11.6 Å². The van der Waals surface area contributed by atoms with Crippen LogP contribution in [0.25, 0.3) is 16.6 Å². The second-order valence-electron chi connectivity index (χ2n) is 5.04. The normalized spacial score (nSPS) is 10.8. The highest BCUT2D eigenvalue weighted by atomic mass is 35.5.